The van der Waals surface area contributed by atoms with Crippen LogP contribution in [0.4, 0.5) is 5.69 Å². The molecular formula is C23H24N3NaO2. The number of amides is 1. The molecule has 0 spiro atoms. The summed E-state index contributed by atoms with van der Waals surface area (Å²) in [6, 6.07) is 14.6. The van der Waals surface area contributed by atoms with E-state index in [2.05, 4.69) is 45.7 Å². The van der Waals surface area contributed by atoms with Gasteiger partial charge in [-0.1, -0.05) is 41.1 Å². The molecule has 0 atom stereocenters. The third-order valence-electron chi connectivity index (χ3n) is 6.08. The summed E-state index contributed by atoms with van der Waals surface area (Å²) < 4.78 is 5.50. The van der Waals surface area contributed by atoms with E-state index in [0.29, 0.717) is 6.42 Å². The van der Waals surface area contributed by atoms with Crippen molar-refractivity contribution in [1.29, 1.82) is 0 Å². The molecule has 2 aliphatic rings. The van der Waals surface area contributed by atoms with Crippen LogP contribution in [0.1, 0.15) is 36.1 Å². The summed E-state index contributed by atoms with van der Waals surface area (Å²) in [7, 11) is 0. The van der Waals surface area contributed by atoms with Crippen LogP contribution in [-0.2, 0) is 24.2 Å². The van der Waals surface area contributed by atoms with E-state index in [1.807, 2.05) is 12.1 Å². The number of carbonyl (C=O) groups excluding carboxylic acids is 1. The summed E-state index contributed by atoms with van der Waals surface area (Å²) in [4.78, 5) is 14.1. The van der Waals surface area contributed by atoms with E-state index >= 15 is 0 Å². The average Bonchev–Trinajstić information content (AvgIpc) is 3.27. The van der Waals surface area contributed by atoms with Crippen molar-refractivity contribution >= 4 is 22.6 Å². The number of hydrogen-bond acceptors (Lipinski definition) is 4. The molecule has 6 heteroatoms. The SMILES string of the molecule is O=C1Cc2cc3c(CCC4CCN(Cc5ccccc5)CC4)noc3cc2[N-]1.[Na+]. The van der Waals surface area contributed by atoms with E-state index in [1.54, 1.807) is 0 Å². The molecule has 1 aromatic heterocycles. The summed E-state index contributed by atoms with van der Waals surface area (Å²) in [5.41, 5.74) is 4.89. The number of carbonyl (C=O) groups is 1. The van der Waals surface area contributed by atoms with E-state index < -0.39 is 0 Å². The number of aryl methyl sites for hydroxylation is 1. The maximum absolute atomic E-state index is 11.5. The van der Waals surface area contributed by atoms with Gasteiger partial charge >= 0.3 is 29.6 Å². The van der Waals surface area contributed by atoms with Crippen LogP contribution in [0, 0.1) is 5.92 Å². The predicted molar refractivity (Wildman–Crippen MR) is 109 cm³/mol. The van der Waals surface area contributed by atoms with Gasteiger partial charge < -0.3 is 14.6 Å². The van der Waals surface area contributed by atoms with E-state index in [0.717, 1.165) is 66.3 Å². The monoisotopic (exact) mass is 397 g/mol. The number of likely N-dealkylation sites (tertiary alicyclic amines) is 1. The molecule has 1 fully saturated rings. The Hall–Kier alpha value is -1.66. The van der Waals surface area contributed by atoms with E-state index in [-0.39, 0.29) is 35.5 Å². The first-order valence-corrected chi connectivity index (χ1v) is 10.2. The topological polar surface area (TPSA) is 60.4 Å². The number of piperidine rings is 1. The molecule has 2 aromatic carbocycles. The summed E-state index contributed by atoms with van der Waals surface area (Å²) in [6.07, 6.45) is 4.95. The smallest absolute Gasteiger partial charge is 0.626 e. The number of aromatic nitrogens is 1. The number of rotatable bonds is 5. The van der Waals surface area contributed by atoms with E-state index in [1.165, 1.54) is 18.4 Å². The van der Waals surface area contributed by atoms with Crippen LogP contribution in [0.5, 0.6) is 0 Å². The molecule has 5 nitrogen and oxygen atoms in total. The van der Waals surface area contributed by atoms with Gasteiger partial charge in [-0.2, -0.15) is 0 Å². The maximum Gasteiger partial charge on any atom is 1.00 e. The Bertz CT molecular complexity index is 994. The Balaban J connectivity index is 0.00000205. The van der Waals surface area contributed by atoms with Crippen LogP contribution in [0.25, 0.3) is 16.3 Å². The van der Waals surface area contributed by atoms with Gasteiger partial charge in [-0.3, -0.25) is 4.90 Å². The van der Waals surface area contributed by atoms with Crippen LogP contribution in [0.15, 0.2) is 47.0 Å². The molecule has 5 rings (SSSR count). The maximum atomic E-state index is 11.5. The molecule has 2 aliphatic heterocycles. The van der Waals surface area contributed by atoms with Crippen molar-refractivity contribution in [1.82, 2.24) is 10.1 Å². The van der Waals surface area contributed by atoms with Gasteiger partial charge in [0.25, 0.3) is 0 Å². The third kappa shape index (κ3) is 4.58. The molecule has 3 aromatic rings. The molecule has 144 valence electrons. The van der Waals surface area contributed by atoms with Gasteiger partial charge in [-0.05, 0) is 62.4 Å². The number of nitrogens with zero attached hydrogens (tertiary/aromatic N) is 3. The molecule has 0 saturated carbocycles. The molecule has 0 aliphatic carbocycles. The Kier molecular flexibility index (Phi) is 6.40. The van der Waals surface area contributed by atoms with Crippen molar-refractivity contribution in [3.8, 4) is 0 Å². The molecule has 0 unspecified atom stereocenters. The predicted octanol–water partition coefficient (Wildman–Crippen LogP) is 1.76. The number of benzene rings is 2. The fourth-order valence-electron chi connectivity index (χ4n) is 4.45. The standard InChI is InChI=1S/C23H25N3O2.Na/c27-23-13-18-12-19-20(25-28-22(19)14-21(18)24-23)7-6-16-8-10-26(11-9-16)15-17-4-2-1-3-5-17;/h1-5,12,14,16H,6-11,13,15H2,(H,24,25,27);/q;+1/p-1. The Labute approximate surface area is 193 Å². The minimum Gasteiger partial charge on any atom is -0.626 e. The van der Waals surface area contributed by atoms with Crippen molar-refractivity contribution < 1.29 is 38.9 Å². The second kappa shape index (κ2) is 9.00. The number of hydrogen-bond donors (Lipinski definition) is 0. The molecule has 0 N–H and O–H groups in total. The van der Waals surface area contributed by atoms with Crippen molar-refractivity contribution in [3.05, 3.63) is 64.6 Å². The minimum absolute atomic E-state index is 0. The largest absolute Gasteiger partial charge is 1.00 e. The summed E-state index contributed by atoms with van der Waals surface area (Å²) >= 11 is 0. The van der Waals surface area contributed by atoms with Gasteiger partial charge in [0.1, 0.15) is 0 Å². The molecule has 1 saturated heterocycles. The fourth-order valence-corrected chi connectivity index (χ4v) is 4.45. The first kappa shape index (κ1) is 20.6. The third-order valence-corrected chi connectivity index (χ3v) is 6.08. The van der Waals surface area contributed by atoms with Crippen LogP contribution in [0.3, 0.4) is 0 Å². The Morgan fingerprint density at radius 3 is 2.72 bits per heavy atom. The van der Waals surface area contributed by atoms with Gasteiger partial charge in [0.2, 0.25) is 0 Å². The van der Waals surface area contributed by atoms with Gasteiger partial charge in [-0.25, -0.2) is 0 Å². The van der Waals surface area contributed by atoms with Crippen LogP contribution < -0.4 is 29.6 Å². The van der Waals surface area contributed by atoms with E-state index in [4.69, 9.17) is 4.52 Å². The minimum atomic E-state index is -0.0700. The zero-order valence-corrected chi connectivity index (χ0v) is 18.9. The molecule has 0 radical (unpaired) electrons. The molecule has 0 bridgehead atoms. The summed E-state index contributed by atoms with van der Waals surface area (Å²) in [5, 5.41) is 9.38. The van der Waals surface area contributed by atoms with Crippen molar-refractivity contribution in [3.63, 3.8) is 0 Å². The first-order valence-electron chi connectivity index (χ1n) is 10.2. The van der Waals surface area contributed by atoms with Crippen LogP contribution >= 0.6 is 0 Å². The molecule has 3 heterocycles. The van der Waals surface area contributed by atoms with Crippen molar-refractivity contribution in [2.75, 3.05) is 13.1 Å². The van der Waals surface area contributed by atoms with Crippen LogP contribution in [-0.4, -0.2) is 29.1 Å². The zero-order chi connectivity index (χ0) is 18.9. The second-order valence-corrected chi connectivity index (χ2v) is 8.03. The Morgan fingerprint density at radius 2 is 1.93 bits per heavy atom. The van der Waals surface area contributed by atoms with Gasteiger partial charge in [0.15, 0.2) is 5.58 Å². The summed E-state index contributed by atoms with van der Waals surface area (Å²) in [5.74, 6) is 0.671. The Morgan fingerprint density at radius 1 is 1.14 bits per heavy atom. The van der Waals surface area contributed by atoms with Crippen LogP contribution in [0.2, 0.25) is 0 Å². The van der Waals surface area contributed by atoms with Crippen molar-refractivity contribution in [2.45, 2.75) is 38.6 Å². The summed E-state index contributed by atoms with van der Waals surface area (Å²) in [6.45, 7) is 3.38. The quantitative estimate of drug-likeness (QED) is 0.616. The normalized spacial score (nSPS) is 17.2. The molecular weight excluding hydrogens is 373 g/mol. The fraction of sp³-hybridized carbons (Fsp3) is 0.391. The average molecular weight is 397 g/mol. The van der Waals surface area contributed by atoms with Gasteiger partial charge in [-0.15, -0.1) is 5.69 Å². The van der Waals surface area contributed by atoms with Crippen molar-refractivity contribution in [2.24, 2.45) is 5.92 Å². The second-order valence-electron chi connectivity index (χ2n) is 8.03. The van der Waals surface area contributed by atoms with Gasteiger partial charge in [0, 0.05) is 18.4 Å². The molecule has 29 heavy (non-hydrogen) atoms. The van der Waals surface area contributed by atoms with E-state index in [9.17, 15) is 4.79 Å². The first-order chi connectivity index (χ1) is 13.7. The number of fused-ring (bicyclic) bond motifs is 2. The zero-order valence-electron chi connectivity index (χ0n) is 16.9. The van der Waals surface area contributed by atoms with Gasteiger partial charge in [0.05, 0.1) is 11.6 Å². The molecule has 1 amide bonds.